The number of carbonyl (C=O) groups excluding carboxylic acids is 3. The largest absolute Gasteiger partial charge is 0.368 e. The summed E-state index contributed by atoms with van der Waals surface area (Å²) in [6, 6.07) is 4.76. The standard InChI is InChI=1S/C17H23FN4O3/c18-12-5-3-11(4-6-12)10-14(23)21-13(2-1-9-19)15(24)22-17(7-8-17)16(20)25/h3-6,13H,1-2,7-10,19H2,(H2,20,25)(H,21,23)(H,22,24)/t13-/m1/s1. The third-order valence-corrected chi connectivity index (χ3v) is 4.21. The van der Waals surface area contributed by atoms with Crippen LogP contribution in [0.2, 0.25) is 0 Å². The lowest BCUT2D eigenvalue weighted by Crippen LogP contribution is -2.54. The summed E-state index contributed by atoms with van der Waals surface area (Å²) in [5.74, 6) is -1.77. The summed E-state index contributed by atoms with van der Waals surface area (Å²) in [7, 11) is 0. The van der Waals surface area contributed by atoms with Gasteiger partial charge in [0.2, 0.25) is 17.7 Å². The molecule has 3 amide bonds. The number of nitrogens with one attached hydrogen (secondary N) is 2. The molecule has 0 radical (unpaired) electrons. The van der Waals surface area contributed by atoms with Gasteiger partial charge >= 0.3 is 0 Å². The summed E-state index contributed by atoms with van der Waals surface area (Å²) < 4.78 is 12.9. The molecule has 0 aromatic heterocycles. The molecule has 1 aliphatic rings. The highest BCUT2D eigenvalue weighted by atomic mass is 19.1. The maximum Gasteiger partial charge on any atom is 0.243 e. The van der Waals surface area contributed by atoms with Crippen molar-refractivity contribution in [2.45, 2.75) is 43.7 Å². The monoisotopic (exact) mass is 350 g/mol. The van der Waals surface area contributed by atoms with Crippen molar-refractivity contribution in [2.24, 2.45) is 11.5 Å². The van der Waals surface area contributed by atoms with Crippen LogP contribution in [-0.2, 0) is 20.8 Å². The normalized spacial score (nSPS) is 15.9. The summed E-state index contributed by atoms with van der Waals surface area (Å²) in [5.41, 5.74) is 10.4. The van der Waals surface area contributed by atoms with E-state index in [1.165, 1.54) is 24.3 Å². The van der Waals surface area contributed by atoms with Crippen LogP contribution in [0, 0.1) is 5.82 Å². The quantitative estimate of drug-likeness (QED) is 0.489. The van der Waals surface area contributed by atoms with Crippen molar-refractivity contribution in [3.05, 3.63) is 35.6 Å². The van der Waals surface area contributed by atoms with Crippen LogP contribution in [0.5, 0.6) is 0 Å². The van der Waals surface area contributed by atoms with Crippen molar-refractivity contribution >= 4 is 17.7 Å². The van der Waals surface area contributed by atoms with Crippen LogP contribution < -0.4 is 22.1 Å². The fourth-order valence-electron chi connectivity index (χ4n) is 2.50. The average molecular weight is 350 g/mol. The molecule has 0 saturated heterocycles. The predicted molar refractivity (Wildman–Crippen MR) is 89.6 cm³/mol. The second-order valence-corrected chi connectivity index (χ2v) is 6.29. The van der Waals surface area contributed by atoms with Crippen LogP contribution in [0.3, 0.4) is 0 Å². The van der Waals surface area contributed by atoms with Crippen LogP contribution >= 0.6 is 0 Å². The minimum absolute atomic E-state index is 0.0215. The Kier molecular flexibility index (Phi) is 6.08. The van der Waals surface area contributed by atoms with Gasteiger partial charge in [-0.05, 0) is 49.9 Å². The molecule has 0 spiro atoms. The number of amides is 3. The average Bonchev–Trinajstić information content (AvgIpc) is 3.34. The minimum atomic E-state index is -0.986. The molecule has 1 saturated carbocycles. The molecule has 0 bridgehead atoms. The molecule has 1 aromatic carbocycles. The van der Waals surface area contributed by atoms with Crippen molar-refractivity contribution in [3.63, 3.8) is 0 Å². The van der Waals surface area contributed by atoms with Gasteiger partial charge in [-0.1, -0.05) is 12.1 Å². The van der Waals surface area contributed by atoms with Crippen LogP contribution in [0.1, 0.15) is 31.2 Å². The Morgan fingerprint density at radius 3 is 2.36 bits per heavy atom. The van der Waals surface area contributed by atoms with Crippen LogP contribution in [0.15, 0.2) is 24.3 Å². The predicted octanol–water partition coefficient (Wildman–Crippen LogP) is -0.274. The maximum absolute atomic E-state index is 12.9. The summed E-state index contributed by atoms with van der Waals surface area (Å²) in [4.78, 5) is 36.0. The van der Waals surface area contributed by atoms with Crippen molar-refractivity contribution in [3.8, 4) is 0 Å². The Labute approximate surface area is 145 Å². The second-order valence-electron chi connectivity index (χ2n) is 6.29. The van der Waals surface area contributed by atoms with Crippen molar-refractivity contribution < 1.29 is 18.8 Å². The topological polar surface area (TPSA) is 127 Å². The van der Waals surface area contributed by atoms with Gasteiger partial charge in [0.1, 0.15) is 17.4 Å². The summed E-state index contributed by atoms with van der Waals surface area (Å²) in [5, 5.41) is 5.29. The highest BCUT2D eigenvalue weighted by Gasteiger charge is 2.50. The molecular weight excluding hydrogens is 327 g/mol. The lowest BCUT2D eigenvalue weighted by atomic mass is 10.1. The lowest BCUT2D eigenvalue weighted by Gasteiger charge is -2.21. The van der Waals surface area contributed by atoms with E-state index in [1.54, 1.807) is 0 Å². The van der Waals surface area contributed by atoms with Crippen molar-refractivity contribution in [1.82, 2.24) is 10.6 Å². The van der Waals surface area contributed by atoms with E-state index in [1.807, 2.05) is 0 Å². The first kappa shape index (κ1) is 18.9. The molecule has 25 heavy (non-hydrogen) atoms. The van der Waals surface area contributed by atoms with Gasteiger partial charge in [0.25, 0.3) is 0 Å². The van der Waals surface area contributed by atoms with E-state index >= 15 is 0 Å². The first-order valence-electron chi connectivity index (χ1n) is 8.22. The first-order chi connectivity index (χ1) is 11.9. The number of hydrogen-bond acceptors (Lipinski definition) is 4. The van der Waals surface area contributed by atoms with E-state index in [9.17, 15) is 18.8 Å². The van der Waals surface area contributed by atoms with Gasteiger partial charge in [-0.2, -0.15) is 0 Å². The van der Waals surface area contributed by atoms with Crippen LogP contribution in [0.25, 0.3) is 0 Å². The van der Waals surface area contributed by atoms with Gasteiger partial charge in [0.05, 0.1) is 6.42 Å². The number of rotatable bonds is 9. The molecule has 1 aromatic rings. The SMILES string of the molecule is NCCC[C@@H](NC(=O)Cc1ccc(F)cc1)C(=O)NC1(C(N)=O)CC1. The van der Waals surface area contributed by atoms with E-state index in [2.05, 4.69) is 10.6 Å². The lowest BCUT2D eigenvalue weighted by molar-refractivity contribution is -0.132. The van der Waals surface area contributed by atoms with Crippen molar-refractivity contribution in [1.29, 1.82) is 0 Å². The zero-order valence-corrected chi connectivity index (χ0v) is 13.9. The van der Waals surface area contributed by atoms with Crippen LogP contribution in [-0.4, -0.2) is 35.8 Å². The van der Waals surface area contributed by atoms with Gasteiger partial charge in [0, 0.05) is 0 Å². The minimum Gasteiger partial charge on any atom is -0.368 e. The van der Waals surface area contributed by atoms with Gasteiger partial charge in [-0.15, -0.1) is 0 Å². The number of primary amides is 1. The zero-order valence-electron chi connectivity index (χ0n) is 13.9. The Bertz CT molecular complexity index is 644. The molecule has 1 fully saturated rings. The third-order valence-electron chi connectivity index (χ3n) is 4.21. The second kappa shape index (κ2) is 8.06. The van der Waals surface area contributed by atoms with E-state index < -0.39 is 23.4 Å². The van der Waals surface area contributed by atoms with Gasteiger partial charge in [-0.3, -0.25) is 14.4 Å². The molecule has 7 nitrogen and oxygen atoms in total. The Morgan fingerprint density at radius 1 is 1.20 bits per heavy atom. The van der Waals surface area contributed by atoms with Crippen LogP contribution in [0.4, 0.5) is 4.39 Å². The number of hydrogen-bond donors (Lipinski definition) is 4. The molecule has 0 unspecified atom stereocenters. The Hall–Kier alpha value is -2.48. The Morgan fingerprint density at radius 2 is 1.84 bits per heavy atom. The number of halogens is 1. The third kappa shape index (κ3) is 5.25. The van der Waals surface area contributed by atoms with E-state index in [0.717, 1.165) is 0 Å². The molecule has 0 aliphatic heterocycles. The zero-order chi connectivity index (χ0) is 18.4. The molecule has 0 heterocycles. The molecule has 8 heteroatoms. The molecule has 1 atom stereocenters. The van der Waals surface area contributed by atoms with Gasteiger partial charge in [0.15, 0.2) is 0 Å². The molecule has 6 N–H and O–H groups in total. The Balaban J connectivity index is 1.96. The number of nitrogens with two attached hydrogens (primary N) is 2. The summed E-state index contributed by atoms with van der Waals surface area (Å²) in [6.07, 6.45) is 1.92. The highest BCUT2D eigenvalue weighted by molar-refractivity contribution is 5.95. The fourth-order valence-corrected chi connectivity index (χ4v) is 2.50. The fraction of sp³-hybridized carbons (Fsp3) is 0.471. The first-order valence-corrected chi connectivity index (χ1v) is 8.22. The van der Waals surface area contributed by atoms with E-state index in [4.69, 9.17) is 11.5 Å². The van der Waals surface area contributed by atoms with Gasteiger partial charge in [-0.25, -0.2) is 4.39 Å². The molecule has 1 aliphatic carbocycles. The van der Waals surface area contributed by atoms with E-state index in [0.29, 0.717) is 37.8 Å². The number of carbonyl (C=O) groups is 3. The summed E-state index contributed by atoms with van der Waals surface area (Å²) >= 11 is 0. The smallest absolute Gasteiger partial charge is 0.243 e. The number of benzene rings is 1. The molecular formula is C17H23FN4O3. The van der Waals surface area contributed by atoms with Crippen molar-refractivity contribution in [2.75, 3.05) is 6.54 Å². The van der Waals surface area contributed by atoms with E-state index in [-0.39, 0.29) is 18.1 Å². The highest BCUT2D eigenvalue weighted by Crippen LogP contribution is 2.34. The summed E-state index contributed by atoms with van der Waals surface area (Å²) in [6.45, 7) is 0.374. The van der Waals surface area contributed by atoms with Gasteiger partial charge < -0.3 is 22.1 Å². The maximum atomic E-state index is 12.9. The molecule has 136 valence electrons. The molecule has 2 rings (SSSR count).